The number of alkyl halides is 3. The summed E-state index contributed by atoms with van der Waals surface area (Å²) in [6.07, 6.45) is 3.13. The number of carbonyl (C=O) groups excluding carboxylic acids is 1. The highest BCUT2D eigenvalue weighted by Gasteiger charge is 2.36. The van der Waals surface area contributed by atoms with E-state index in [0.29, 0.717) is 42.5 Å². The Bertz CT molecular complexity index is 1740. The molecule has 4 rings (SSSR count). The van der Waals surface area contributed by atoms with Crippen LogP contribution < -0.4 is 10.9 Å². The number of methoxy groups -OCH3 is 1. The number of aryl methyl sites for hydroxylation is 2. The zero-order valence-electron chi connectivity index (χ0n) is 27.7. The number of hydrogen-bond acceptors (Lipinski definition) is 6. The van der Waals surface area contributed by atoms with Crippen molar-refractivity contribution in [2.75, 3.05) is 26.7 Å². The summed E-state index contributed by atoms with van der Waals surface area (Å²) in [5.41, 5.74) is 1.84. The van der Waals surface area contributed by atoms with Crippen molar-refractivity contribution in [1.29, 1.82) is 0 Å². The summed E-state index contributed by atoms with van der Waals surface area (Å²) in [5.74, 6) is 0.520. The van der Waals surface area contributed by atoms with Gasteiger partial charge in [0.05, 0.1) is 24.1 Å². The van der Waals surface area contributed by atoms with Crippen molar-refractivity contribution in [1.82, 2.24) is 19.8 Å². The summed E-state index contributed by atoms with van der Waals surface area (Å²) >= 11 is 0. The number of amides is 1. The number of rotatable bonds is 13. The number of hydrogen-bond donors (Lipinski definition) is 2. The Morgan fingerprint density at radius 3 is 2.42 bits per heavy atom. The maximum Gasteiger partial charge on any atom is 0.416 e. The third kappa shape index (κ3) is 8.51. The minimum absolute atomic E-state index is 0.00247. The van der Waals surface area contributed by atoms with E-state index in [4.69, 9.17) is 11.2 Å². The number of terminal acetylenes is 1. The molecule has 48 heavy (non-hydrogen) atoms. The van der Waals surface area contributed by atoms with E-state index in [1.165, 1.54) is 6.20 Å². The first-order valence-corrected chi connectivity index (χ1v) is 15.8. The molecule has 0 spiro atoms. The molecular formula is C36H41F3N4O5. The molecule has 256 valence electrons. The lowest BCUT2D eigenvalue weighted by Gasteiger charge is -2.38. The lowest BCUT2D eigenvalue weighted by Crippen LogP contribution is -2.52. The average molecular weight is 667 g/mol. The van der Waals surface area contributed by atoms with Crippen molar-refractivity contribution in [3.8, 4) is 23.5 Å². The van der Waals surface area contributed by atoms with E-state index in [1.54, 1.807) is 13.2 Å². The van der Waals surface area contributed by atoms with Gasteiger partial charge in [-0.05, 0) is 72.4 Å². The van der Waals surface area contributed by atoms with Crippen LogP contribution in [-0.4, -0.2) is 64.3 Å². The number of pyridine rings is 2. The number of benzene rings is 1. The minimum atomic E-state index is -4.77. The number of halogens is 3. The summed E-state index contributed by atoms with van der Waals surface area (Å²) in [5, 5.41) is 12.6. The van der Waals surface area contributed by atoms with Crippen LogP contribution in [0.15, 0.2) is 47.5 Å². The standard InChI is InChI=1S/C36H41F3N4O5/c1-7-29-27(34-22(4)9-8-10-23(34)5)14-25(17-40-29)30(16-33(45)46)41-35(47)31(13-21(2)3)43-18-24(11-12-42-19-26(20-42)48-6)28(15-32(43)44)36(37,38)39/h1,8-10,14-15,17-18,21,26,30-31H,11-13,16,19-20H2,2-6H3,(H,41,47)(H,45,46)/t30-,31+/m1/s1. The first kappa shape index (κ1) is 36.4. The number of carboxylic acids is 1. The SMILES string of the molecule is C#Cc1ncc([C@@H](CC(=O)O)NC(=O)[C@H](CC(C)C)n2cc(CCN3CC(OC)C3)c(C(F)(F)F)cc2=O)cc1-c1c(C)cccc1C. The lowest BCUT2D eigenvalue weighted by molar-refractivity contribution is -0.139. The Kier molecular flexibility index (Phi) is 11.5. The summed E-state index contributed by atoms with van der Waals surface area (Å²) in [7, 11) is 1.58. The molecule has 0 saturated carbocycles. The van der Waals surface area contributed by atoms with Crippen LogP contribution in [0.4, 0.5) is 13.2 Å². The molecule has 0 radical (unpaired) electrons. The molecule has 1 aliphatic rings. The van der Waals surface area contributed by atoms with Gasteiger partial charge in [-0.25, -0.2) is 4.98 Å². The number of aromatic nitrogens is 2. The van der Waals surface area contributed by atoms with Crippen LogP contribution in [0.2, 0.25) is 0 Å². The molecule has 1 fully saturated rings. The van der Waals surface area contributed by atoms with Gasteiger partial charge in [0.25, 0.3) is 5.56 Å². The number of carbonyl (C=O) groups is 2. The van der Waals surface area contributed by atoms with Crippen LogP contribution >= 0.6 is 0 Å². The number of nitrogens with one attached hydrogen (secondary N) is 1. The van der Waals surface area contributed by atoms with E-state index >= 15 is 0 Å². The van der Waals surface area contributed by atoms with Gasteiger partial charge in [0.2, 0.25) is 5.91 Å². The van der Waals surface area contributed by atoms with Gasteiger partial charge in [0, 0.05) is 50.8 Å². The zero-order valence-corrected chi connectivity index (χ0v) is 27.7. The fraction of sp³-hybridized carbons (Fsp3) is 0.444. The fourth-order valence-corrected chi connectivity index (χ4v) is 6.14. The Hall–Kier alpha value is -4.47. The van der Waals surface area contributed by atoms with E-state index in [-0.39, 0.29) is 30.4 Å². The molecule has 1 amide bonds. The maximum atomic E-state index is 14.1. The Morgan fingerprint density at radius 2 is 1.85 bits per heavy atom. The summed E-state index contributed by atoms with van der Waals surface area (Å²) in [4.78, 5) is 45.6. The summed E-state index contributed by atoms with van der Waals surface area (Å²) < 4.78 is 48.5. The van der Waals surface area contributed by atoms with Crippen LogP contribution in [0.3, 0.4) is 0 Å². The van der Waals surface area contributed by atoms with Gasteiger partial charge in [0.1, 0.15) is 11.7 Å². The molecule has 2 N–H and O–H groups in total. The second-order valence-corrected chi connectivity index (χ2v) is 12.7. The highest BCUT2D eigenvalue weighted by Crippen LogP contribution is 2.34. The van der Waals surface area contributed by atoms with E-state index in [1.807, 2.05) is 50.8 Å². The summed E-state index contributed by atoms with van der Waals surface area (Å²) in [6, 6.07) is 5.67. The highest BCUT2D eigenvalue weighted by atomic mass is 19.4. The van der Waals surface area contributed by atoms with Crippen molar-refractivity contribution >= 4 is 11.9 Å². The number of ether oxygens (including phenoxy) is 1. The van der Waals surface area contributed by atoms with E-state index in [0.717, 1.165) is 27.5 Å². The van der Waals surface area contributed by atoms with Crippen molar-refractivity contribution in [3.05, 3.63) is 86.6 Å². The smallest absolute Gasteiger partial charge is 0.416 e. The molecule has 12 heteroatoms. The molecule has 9 nitrogen and oxygen atoms in total. The first-order chi connectivity index (χ1) is 22.6. The second kappa shape index (κ2) is 15.2. The van der Waals surface area contributed by atoms with Gasteiger partial charge in [-0.1, -0.05) is 32.0 Å². The maximum absolute atomic E-state index is 14.1. The molecule has 0 bridgehead atoms. The topological polar surface area (TPSA) is 114 Å². The number of carboxylic acid groups (broad SMARTS) is 1. The van der Waals surface area contributed by atoms with Gasteiger partial charge >= 0.3 is 12.1 Å². The third-order valence-corrected chi connectivity index (χ3v) is 8.65. The monoisotopic (exact) mass is 666 g/mol. The predicted octanol–water partition coefficient (Wildman–Crippen LogP) is 5.32. The van der Waals surface area contributed by atoms with Crippen LogP contribution in [0.25, 0.3) is 11.1 Å². The Labute approximate surface area is 278 Å². The molecule has 2 atom stereocenters. The Morgan fingerprint density at radius 1 is 1.19 bits per heavy atom. The van der Waals surface area contributed by atoms with Crippen molar-refractivity contribution in [2.45, 2.75) is 71.3 Å². The number of likely N-dealkylation sites (tertiary alicyclic amines) is 1. The largest absolute Gasteiger partial charge is 0.481 e. The normalized spacial score (nSPS) is 15.1. The van der Waals surface area contributed by atoms with Crippen molar-refractivity contribution < 1.29 is 32.6 Å². The molecular weight excluding hydrogens is 625 g/mol. The molecule has 1 aliphatic heterocycles. The zero-order chi connectivity index (χ0) is 35.3. The van der Waals surface area contributed by atoms with Crippen LogP contribution in [0.5, 0.6) is 0 Å². The van der Waals surface area contributed by atoms with Crippen LogP contribution in [0.1, 0.15) is 72.3 Å². The molecule has 3 heterocycles. The molecule has 0 unspecified atom stereocenters. The van der Waals surface area contributed by atoms with Gasteiger partial charge in [-0.15, -0.1) is 6.42 Å². The van der Waals surface area contributed by atoms with Gasteiger partial charge in [0.15, 0.2) is 0 Å². The highest BCUT2D eigenvalue weighted by molar-refractivity contribution is 5.82. The second-order valence-electron chi connectivity index (χ2n) is 12.7. The van der Waals surface area contributed by atoms with Gasteiger partial charge in [-0.3, -0.25) is 19.3 Å². The fourth-order valence-electron chi connectivity index (χ4n) is 6.14. The van der Waals surface area contributed by atoms with E-state index in [2.05, 4.69) is 16.2 Å². The quantitative estimate of drug-likeness (QED) is 0.238. The molecule has 0 aliphatic carbocycles. The van der Waals surface area contributed by atoms with Gasteiger partial charge in [-0.2, -0.15) is 13.2 Å². The molecule has 2 aromatic heterocycles. The molecule has 1 aromatic carbocycles. The predicted molar refractivity (Wildman–Crippen MR) is 175 cm³/mol. The minimum Gasteiger partial charge on any atom is -0.481 e. The summed E-state index contributed by atoms with van der Waals surface area (Å²) in [6.45, 7) is 8.95. The van der Waals surface area contributed by atoms with Crippen molar-refractivity contribution in [3.63, 3.8) is 0 Å². The third-order valence-electron chi connectivity index (χ3n) is 8.65. The van der Waals surface area contributed by atoms with Crippen molar-refractivity contribution in [2.24, 2.45) is 5.92 Å². The molecule has 1 saturated heterocycles. The number of aliphatic carboxylic acids is 1. The van der Waals surface area contributed by atoms with E-state index < -0.39 is 47.7 Å². The van der Waals surface area contributed by atoms with Gasteiger partial charge < -0.3 is 19.7 Å². The lowest BCUT2D eigenvalue weighted by atomic mass is 9.92. The molecule has 3 aromatic rings. The van der Waals surface area contributed by atoms with Crippen LogP contribution in [-0.2, 0) is 26.9 Å². The van der Waals surface area contributed by atoms with E-state index in [9.17, 15) is 32.7 Å². The van der Waals surface area contributed by atoms with Crippen LogP contribution in [0, 0.1) is 32.1 Å². The first-order valence-electron chi connectivity index (χ1n) is 15.8. The average Bonchev–Trinajstić information content (AvgIpc) is 2.98. The Balaban J connectivity index is 1.73. The number of nitrogens with zero attached hydrogens (tertiary/aromatic N) is 3.